The number of nitrogens with one attached hydrogen (secondary N) is 1. The van der Waals surface area contributed by atoms with Crippen molar-refractivity contribution in [2.75, 3.05) is 5.73 Å². The maximum Gasteiger partial charge on any atom is 0.240 e. The van der Waals surface area contributed by atoms with E-state index in [9.17, 15) is 4.79 Å². The summed E-state index contributed by atoms with van der Waals surface area (Å²) in [5, 5.41) is 3.03. The molecule has 0 aliphatic heterocycles. The predicted octanol–water partition coefficient (Wildman–Crippen LogP) is 2.44. The summed E-state index contributed by atoms with van der Waals surface area (Å²) in [5.41, 5.74) is 7.40. The summed E-state index contributed by atoms with van der Waals surface area (Å²) in [5.74, 6) is 0.758. The average molecular weight is 286 g/mol. The molecule has 0 bridgehead atoms. The first-order valence-corrected chi connectivity index (χ1v) is 7.30. The Morgan fingerprint density at radius 3 is 2.81 bits per heavy atom. The number of rotatable bonds is 6. The molecule has 5 heteroatoms. The zero-order chi connectivity index (χ0) is 15.2. The number of nitrogens with zero attached hydrogens (tertiary/aromatic N) is 2. The molecule has 2 aromatic rings. The molecular formula is C16H22N4O. The maximum absolute atomic E-state index is 12.1. The fourth-order valence-electron chi connectivity index (χ4n) is 2.30. The van der Waals surface area contributed by atoms with Crippen LogP contribution in [0.3, 0.4) is 0 Å². The van der Waals surface area contributed by atoms with E-state index in [4.69, 9.17) is 5.73 Å². The Balaban J connectivity index is 2.12. The van der Waals surface area contributed by atoms with Gasteiger partial charge in [0.15, 0.2) is 0 Å². The van der Waals surface area contributed by atoms with Gasteiger partial charge in [-0.25, -0.2) is 4.98 Å². The van der Waals surface area contributed by atoms with Gasteiger partial charge in [-0.2, -0.15) is 0 Å². The standard InChI is InChI=1S/C16H22N4O/c1-3-14(4-2)19-15(21)11-20-9-8-18-16(20)12-6-5-7-13(17)10-12/h5-10,14H,3-4,11,17H2,1-2H3,(H,19,21). The Hall–Kier alpha value is -2.30. The molecule has 0 radical (unpaired) electrons. The van der Waals surface area contributed by atoms with Gasteiger partial charge in [-0.1, -0.05) is 26.0 Å². The third-order valence-electron chi connectivity index (χ3n) is 3.52. The number of hydrogen-bond donors (Lipinski definition) is 2. The van der Waals surface area contributed by atoms with Crippen LogP contribution in [-0.2, 0) is 11.3 Å². The van der Waals surface area contributed by atoms with Crippen LogP contribution >= 0.6 is 0 Å². The Labute approximate surface area is 125 Å². The van der Waals surface area contributed by atoms with Gasteiger partial charge in [0.05, 0.1) is 0 Å². The van der Waals surface area contributed by atoms with Gasteiger partial charge < -0.3 is 15.6 Å². The van der Waals surface area contributed by atoms with Gasteiger partial charge in [-0.3, -0.25) is 4.79 Å². The van der Waals surface area contributed by atoms with Crippen molar-refractivity contribution < 1.29 is 4.79 Å². The molecule has 0 spiro atoms. The fourth-order valence-corrected chi connectivity index (χ4v) is 2.30. The first-order chi connectivity index (χ1) is 10.1. The minimum absolute atomic E-state index is 0.00635. The molecule has 112 valence electrons. The number of imidazole rings is 1. The van der Waals surface area contributed by atoms with Gasteiger partial charge >= 0.3 is 0 Å². The van der Waals surface area contributed by atoms with E-state index >= 15 is 0 Å². The number of amides is 1. The van der Waals surface area contributed by atoms with Crippen molar-refractivity contribution in [1.29, 1.82) is 0 Å². The van der Waals surface area contributed by atoms with E-state index in [1.807, 2.05) is 35.0 Å². The highest BCUT2D eigenvalue weighted by molar-refractivity contribution is 5.77. The number of aromatic nitrogens is 2. The van der Waals surface area contributed by atoms with Gasteiger partial charge in [0.1, 0.15) is 12.4 Å². The van der Waals surface area contributed by atoms with Gasteiger partial charge in [-0.05, 0) is 25.0 Å². The Morgan fingerprint density at radius 2 is 2.14 bits per heavy atom. The molecule has 1 aromatic heterocycles. The van der Waals surface area contributed by atoms with Gasteiger partial charge in [-0.15, -0.1) is 0 Å². The first-order valence-electron chi connectivity index (χ1n) is 7.30. The summed E-state index contributed by atoms with van der Waals surface area (Å²) in [4.78, 5) is 16.4. The number of carbonyl (C=O) groups excluding carboxylic acids is 1. The lowest BCUT2D eigenvalue weighted by Crippen LogP contribution is -2.36. The summed E-state index contributed by atoms with van der Waals surface area (Å²) in [6.07, 6.45) is 5.39. The quantitative estimate of drug-likeness (QED) is 0.801. The largest absolute Gasteiger partial charge is 0.399 e. The lowest BCUT2D eigenvalue weighted by atomic mass is 10.1. The van der Waals surface area contributed by atoms with E-state index in [0.29, 0.717) is 5.69 Å². The number of benzene rings is 1. The zero-order valence-electron chi connectivity index (χ0n) is 12.5. The van der Waals surface area contributed by atoms with Gasteiger partial charge in [0, 0.05) is 29.7 Å². The number of nitrogen functional groups attached to an aromatic ring is 1. The molecule has 2 rings (SSSR count). The number of carbonyl (C=O) groups is 1. The van der Waals surface area contributed by atoms with Crippen LogP contribution < -0.4 is 11.1 Å². The molecule has 1 heterocycles. The third-order valence-corrected chi connectivity index (χ3v) is 3.52. The SMILES string of the molecule is CCC(CC)NC(=O)Cn1ccnc1-c1cccc(N)c1. The van der Waals surface area contributed by atoms with E-state index in [1.165, 1.54) is 0 Å². The van der Waals surface area contributed by atoms with E-state index in [-0.39, 0.29) is 18.5 Å². The second-order valence-electron chi connectivity index (χ2n) is 5.09. The van der Waals surface area contributed by atoms with Crippen LogP contribution in [-0.4, -0.2) is 21.5 Å². The highest BCUT2D eigenvalue weighted by atomic mass is 16.2. The molecule has 5 nitrogen and oxygen atoms in total. The van der Waals surface area contributed by atoms with E-state index < -0.39 is 0 Å². The van der Waals surface area contributed by atoms with Crippen LogP contribution in [0.25, 0.3) is 11.4 Å². The lowest BCUT2D eigenvalue weighted by molar-refractivity contribution is -0.122. The third kappa shape index (κ3) is 3.84. The van der Waals surface area contributed by atoms with E-state index in [1.54, 1.807) is 6.20 Å². The zero-order valence-corrected chi connectivity index (χ0v) is 12.5. The van der Waals surface area contributed by atoms with Crippen molar-refractivity contribution in [2.45, 2.75) is 39.3 Å². The van der Waals surface area contributed by atoms with Gasteiger partial charge in [0.25, 0.3) is 0 Å². The van der Waals surface area contributed by atoms with Crippen LogP contribution in [0.4, 0.5) is 5.69 Å². The van der Waals surface area contributed by atoms with Crippen molar-refractivity contribution in [2.24, 2.45) is 0 Å². The van der Waals surface area contributed by atoms with Crippen molar-refractivity contribution in [3.05, 3.63) is 36.7 Å². The summed E-state index contributed by atoms with van der Waals surface area (Å²) in [6, 6.07) is 7.74. The molecule has 0 saturated heterocycles. The van der Waals surface area contributed by atoms with Crippen LogP contribution in [0.5, 0.6) is 0 Å². The Bertz CT molecular complexity index is 602. The molecular weight excluding hydrogens is 264 g/mol. The lowest BCUT2D eigenvalue weighted by Gasteiger charge is -2.15. The van der Waals surface area contributed by atoms with Crippen LogP contribution in [0, 0.1) is 0 Å². The predicted molar refractivity (Wildman–Crippen MR) is 84.6 cm³/mol. The Kier molecular flexibility index (Phi) is 4.98. The van der Waals surface area contributed by atoms with Crippen LogP contribution in [0.1, 0.15) is 26.7 Å². The highest BCUT2D eigenvalue weighted by Crippen LogP contribution is 2.19. The minimum atomic E-state index is 0.00635. The maximum atomic E-state index is 12.1. The summed E-state index contributed by atoms with van der Waals surface area (Å²) in [7, 11) is 0. The second-order valence-corrected chi connectivity index (χ2v) is 5.09. The molecule has 1 aromatic carbocycles. The van der Waals surface area contributed by atoms with Gasteiger partial charge in [0.2, 0.25) is 5.91 Å². The summed E-state index contributed by atoms with van der Waals surface area (Å²) < 4.78 is 1.84. The van der Waals surface area contributed by atoms with Crippen LogP contribution in [0.15, 0.2) is 36.7 Å². The van der Waals surface area contributed by atoms with E-state index in [2.05, 4.69) is 24.1 Å². The highest BCUT2D eigenvalue weighted by Gasteiger charge is 2.12. The second kappa shape index (κ2) is 6.92. The topological polar surface area (TPSA) is 72.9 Å². The summed E-state index contributed by atoms with van der Waals surface area (Å²) in [6.45, 7) is 4.41. The molecule has 0 saturated carbocycles. The molecule has 0 atom stereocenters. The van der Waals surface area contributed by atoms with Crippen LogP contribution in [0.2, 0.25) is 0 Å². The van der Waals surface area contributed by atoms with E-state index in [0.717, 1.165) is 24.2 Å². The smallest absolute Gasteiger partial charge is 0.240 e. The molecule has 0 fully saturated rings. The minimum Gasteiger partial charge on any atom is -0.399 e. The van der Waals surface area contributed by atoms with Crippen molar-refractivity contribution >= 4 is 11.6 Å². The Morgan fingerprint density at radius 1 is 1.38 bits per heavy atom. The molecule has 1 amide bonds. The normalized spacial score (nSPS) is 10.8. The van der Waals surface area contributed by atoms with Crippen molar-refractivity contribution in [3.63, 3.8) is 0 Å². The molecule has 0 unspecified atom stereocenters. The summed E-state index contributed by atoms with van der Waals surface area (Å²) >= 11 is 0. The number of nitrogens with two attached hydrogens (primary N) is 1. The molecule has 0 aliphatic carbocycles. The number of hydrogen-bond acceptors (Lipinski definition) is 3. The molecule has 0 aliphatic rings. The monoisotopic (exact) mass is 286 g/mol. The van der Waals surface area contributed by atoms with Crippen molar-refractivity contribution in [3.8, 4) is 11.4 Å². The fraction of sp³-hybridized carbons (Fsp3) is 0.375. The molecule has 3 N–H and O–H groups in total. The van der Waals surface area contributed by atoms with Crippen molar-refractivity contribution in [1.82, 2.24) is 14.9 Å². The molecule has 21 heavy (non-hydrogen) atoms. The number of anilines is 1. The average Bonchev–Trinajstić information content (AvgIpc) is 2.92. The first kappa shape index (κ1) is 15.1.